The number of ether oxygens (including phenoxy) is 2. The van der Waals surface area contributed by atoms with Crippen molar-refractivity contribution >= 4 is 22.8 Å². The molecule has 1 aromatic carbocycles. The van der Waals surface area contributed by atoms with Crippen molar-refractivity contribution in [1.29, 1.82) is 0 Å². The normalized spacial score (nSPS) is 11.3. The first-order valence-electron chi connectivity index (χ1n) is 11.2. The van der Waals surface area contributed by atoms with E-state index in [4.69, 9.17) is 14.5 Å². The number of unbranched alkanes of at least 4 members (excludes halogenated alkanes) is 4. The third kappa shape index (κ3) is 5.53. The molecule has 0 atom stereocenters. The van der Waals surface area contributed by atoms with Crippen LogP contribution in [0, 0.1) is 27.7 Å². The molecule has 1 N–H and O–H groups in total. The Morgan fingerprint density at radius 2 is 1.74 bits per heavy atom. The predicted molar refractivity (Wildman–Crippen MR) is 130 cm³/mol. The molecule has 0 bridgehead atoms. The number of hydrogen-bond donors (Lipinski definition) is 1. The second-order valence-electron chi connectivity index (χ2n) is 8.18. The van der Waals surface area contributed by atoms with Crippen molar-refractivity contribution in [3.8, 4) is 11.5 Å². The Bertz CT molecular complexity index is 1030. The van der Waals surface area contributed by atoms with Crippen LogP contribution in [0.1, 0.15) is 67.0 Å². The molecule has 2 heterocycles. The van der Waals surface area contributed by atoms with E-state index in [0.29, 0.717) is 0 Å². The molecule has 0 fully saturated rings. The van der Waals surface area contributed by atoms with Gasteiger partial charge in [0.15, 0.2) is 5.16 Å². The fraction of sp³-hybridized carbons (Fsp3) is 0.520. The van der Waals surface area contributed by atoms with E-state index in [0.717, 1.165) is 74.4 Å². The van der Waals surface area contributed by atoms with Gasteiger partial charge in [0.2, 0.25) is 0 Å². The van der Waals surface area contributed by atoms with Crippen molar-refractivity contribution in [2.45, 2.75) is 77.6 Å². The van der Waals surface area contributed by atoms with Crippen molar-refractivity contribution in [3.63, 3.8) is 0 Å². The zero-order valence-electron chi connectivity index (χ0n) is 19.7. The fourth-order valence-corrected chi connectivity index (χ4v) is 4.87. The predicted octanol–water partition coefficient (Wildman–Crippen LogP) is 6.84. The smallest absolute Gasteiger partial charge is 0.166 e. The number of H-pyrrole nitrogens is 1. The molecule has 0 saturated heterocycles. The summed E-state index contributed by atoms with van der Waals surface area (Å²) in [6, 6.07) is 2.14. The van der Waals surface area contributed by atoms with Crippen LogP contribution in [0.25, 0.3) is 11.0 Å². The minimum absolute atomic E-state index is 0.738. The lowest BCUT2D eigenvalue weighted by atomic mass is 10.1. The maximum atomic E-state index is 6.16. The van der Waals surface area contributed by atoms with E-state index in [2.05, 4.69) is 43.7 Å². The van der Waals surface area contributed by atoms with E-state index in [9.17, 15) is 0 Å². The van der Waals surface area contributed by atoms with Crippen LogP contribution in [0.3, 0.4) is 0 Å². The number of aryl methyl sites for hydroxylation is 3. The highest BCUT2D eigenvalue weighted by Crippen LogP contribution is 2.33. The van der Waals surface area contributed by atoms with Crippen molar-refractivity contribution in [3.05, 3.63) is 40.2 Å². The Balaban J connectivity index is 1.71. The number of rotatable bonds is 11. The summed E-state index contributed by atoms with van der Waals surface area (Å²) in [6.45, 7) is 11.3. The molecule has 6 heteroatoms. The Morgan fingerprint density at radius 1 is 0.968 bits per heavy atom. The number of imidazole rings is 1. The summed E-state index contributed by atoms with van der Waals surface area (Å²) in [5.74, 6) is 2.63. The Hall–Kier alpha value is -2.21. The summed E-state index contributed by atoms with van der Waals surface area (Å²) in [5, 5.41) is 0.898. The molecular formula is C25H35N3O2S. The third-order valence-corrected chi connectivity index (χ3v) is 6.60. The lowest BCUT2D eigenvalue weighted by Crippen LogP contribution is -2.01. The number of nitrogens with one attached hydrogen (secondary N) is 1. The number of nitrogens with zero attached hydrogens (tertiary/aromatic N) is 2. The summed E-state index contributed by atoms with van der Waals surface area (Å²) in [5.41, 5.74) is 7.47. The van der Waals surface area contributed by atoms with Gasteiger partial charge in [-0.3, -0.25) is 4.98 Å². The summed E-state index contributed by atoms with van der Waals surface area (Å²) in [6.07, 6.45) is 8.07. The van der Waals surface area contributed by atoms with E-state index in [-0.39, 0.29) is 0 Å². The summed E-state index contributed by atoms with van der Waals surface area (Å²) in [4.78, 5) is 12.9. The number of thioether (sulfide) groups is 1. The monoisotopic (exact) mass is 441 g/mol. The first kappa shape index (κ1) is 23.5. The average molecular weight is 442 g/mol. The van der Waals surface area contributed by atoms with Gasteiger partial charge in [0.25, 0.3) is 0 Å². The molecule has 5 nitrogen and oxygen atoms in total. The standard InChI is InChI=1S/C25H35N3O2S/c1-7-8-9-10-11-12-30-24-16(2)13-20-22(19(24)5)28-25(27-20)31-15-21-18(4)23(29-6)17(3)14-26-21/h13-14H,7-12,15H2,1-6H3,(H,27,28). The van der Waals surface area contributed by atoms with Gasteiger partial charge in [-0.15, -0.1) is 0 Å². The van der Waals surface area contributed by atoms with E-state index in [1.807, 2.05) is 13.1 Å². The van der Waals surface area contributed by atoms with E-state index >= 15 is 0 Å². The fourth-order valence-electron chi connectivity index (χ4n) is 3.96. The van der Waals surface area contributed by atoms with Crippen molar-refractivity contribution in [2.75, 3.05) is 13.7 Å². The van der Waals surface area contributed by atoms with Gasteiger partial charge in [-0.2, -0.15) is 0 Å². The maximum Gasteiger partial charge on any atom is 0.166 e. The number of aromatic amines is 1. The van der Waals surface area contributed by atoms with Crippen LogP contribution in [-0.4, -0.2) is 28.7 Å². The van der Waals surface area contributed by atoms with Crippen LogP contribution < -0.4 is 9.47 Å². The van der Waals surface area contributed by atoms with E-state index in [1.165, 1.54) is 25.7 Å². The van der Waals surface area contributed by atoms with Crippen LogP contribution in [0.2, 0.25) is 0 Å². The van der Waals surface area contributed by atoms with Gasteiger partial charge in [-0.1, -0.05) is 44.4 Å². The molecule has 2 aromatic heterocycles. The average Bonchev–Trinajstić information content (AvgIpc) is 3.15. The van der Waals surface area contributed by atoms with Crippen LogP contribution in [0.5, 0.6) is 11.5 Å². The molecular weight excluding hydrogens is 406 g/mol. The first-order valence-corrected chi connectivity index (χ1v) is 12.2. The molecule has 3 rings (SSSR count). The number of aromatic nitrogens is 3. The van der Waals surface area contributed by atoms with Gasteiger partial charge in [0, 0.05) is 28.6 Å². The maximum absolute atomic E-state index is 6.16. The number of methoxy groups -OCH3 is 1. The largest absolute Gasteiger partial charge is 0.496 e. The first-order chi connectivity index (χ1) is 15.0. The molecule has 0 saturated carbocycles. The summed E-state index contributed by atoms with van der Waals surface area (Å²) in [7, 11) is 1.71. The molecule has 0 spiro atoms. The van der Waals surface area contributed by atoms with Crippen molar-refractivity contribution in [1.82, 2.24) is 15.0 Å². The molecule has 31 heavy (non-hydrogen) atoms. The molecule has 3 aromatic rings. The highest BCUT2D eigenvalue weighted by molar-refractivity contribution is 7.98. The quantitative estimate of drug-likeness (QED) is 0.261. The number of fused-ring (bicyclic) bond motifs is 1. The molecule has 0 aliphatic carbocycles. The Morgan fingerprint density at radius 3 is 2.48 bits per heavy atom. The van der Waals surface area contributed by atoms with Crippen LogP contribution in [0.4, 0.5) is 0 Å². The molecule has 0 radical (unpaired) electrons. The topological polar surface area (TPSA) is 60.0 Å². The Kier molecular flexibility index (Phi) is 8.24. The minimum atomic E-state index is 0.738. The van der Waals surface area contributed by atoms with Crippen LogP contribution in [0.15, 0.2) is 17.4 Å². The number of pyridine rings is 1. The van der Waals surface area contributed by atoms with E-state index in [1.54, 1.807) is 18.9 Å². The highest BCUT2D eigenvalue weighted by atomic mass is 32.2. The molecule has 0 aliphatic rings. The van der Waals surface area contributed by atoms with Gasteiger partial charge < -0.3 is 14.5 Å². The van der Waals surface area contributed by atoms with Gasteiger partial charge in [0.05, 0.1) is 30.4 Å². The zero-order valence-corrected chi connectivity index (χ0v) is 20.5. The molecule has 0 unspecified atom stereocenters. The third-order valence-electron chi connectivity index (χ3n) is 5.71. The number of benzene rings is 1. The number of hydrogen-bond acceptors (Lipinski definition) is 5. The zero-order chi connectivity index (χ0) is 22.4. The SMILES string of the molecule is CCCCCCCOc1c(C)cc2[nH]c(SCc3ncc(C)c(OC)c3C)nc2c1C. The Labute approximate surface area is 190 Å². The molecule has 0 aliphatic heterocycles. The lowest BCUT2D eigenvalue weighted by molar-refractivity contribution is 0.301. The van der Waals surface area contributed by atoms with Gasteiger partial charge in [-0.25, -0.2) is 4.98 Å². The van der Waals surface area contributed by atoms with Gasteiger partial charge in [-0.05, 0) is 45.7 Å². The van der Waals surface area contributed by atoms with Crippen LogP contribution in [-0.2, 0) is 5.75 Å². The second-order valence-corrected chi connectivity index (χ2v) is 9.15. The molecule has 0 amide bonds. The molecule has 168 valence electrons. The van der Waals surface area contributed by atoms with Gasteiger partial charge in [0.1, 0.15) is 11.5 Å². The van der Waals surface area contributed by atoms with Gasteiger partial charge >= 0.3 is 0 Å². The van der Waals surface area contributed by atoms with E-state index < -0.39 is 0 Å². The summed E-state index contributed by atoms with van der Waals surface area (Å²) >= 11 is 1.66. The van der Waals surface area contributed by atoms with Crippen molar-refractivity contribution in [2.24, 2.45) is 0 Å². The van der Waals surface area contributed by atoms with Crippen LogP contribution >= 0.6 is 11.8 Å². The van der Waals surface area contributed by atoms with Crippen molar-refractivity contribution < 1.29 is 9.47 Å². The minimum Gasteiger partial charge on any atom is -0.496 e. The summed E-state index contributed by atoms with van der Waals surface area (Å²) < 4.78 is 11.7. The second kappa shape index (κ2) is 10.9. The lowest BCUT2D eigenvalue weighted by Gasteiger charge is -2.12. The highest BCUT2D eigenvalue weighted by Gasteiger charge is 2.15.